The second-order valence-electron chi connectivity index (χ2n) is 4.85. The van der Waals surface area contributed by atoms with Gasteiger partial charge in [0.25, 0.3) is 0 Å². The summed E-state index contributed by atoms with van der Waals surface area (Å²) in [5, 5.41) is 3.07. The van der Waals surface area contributed by atoms with E-state index in [4.69, 9.17) is 4.74 Å². The minimum Gasteiger partial charge on any atom is -0.371 e. The molecule has 1 N–H and O–H groups in total. The number of nitrogens with zero attached hydrogens (tertiary/aromatic N) is 1. The van der Waals surface area contributed by atoms with Crippen LogP contribution in [-0.2, 0) is 4.74 Å². The lowest BCUT2D eigenvalue weighted by Crippen LogP contribution is -2.24. The van der Waals surface area contributed by atoms with Gasteiger partial charge in [0, 0.05) is 6.61 Å². The predicted octanol–water partition coefficient (Wildman–Crippen LogP) is 3.44. The Kier molecular flexibility index (Phi) is 3.79. The molecule has 1 saturated heterocycles. The van der Waals surface area contributed by atoms with E-state index in [9.17, 15) is 13.2 Å². The Bertz CT molecular complexity index is 651. The number of nitrogens with one attached hydrogen (secondary N) is 1. The largest absolute Gasteiger partial charge is 0.371 e. The molecule has 0 saturated carbocycles. The summed E-state index contributed by atoms with van der Waals surface area (Å²) < 4.78 is 45.0. The van der Waals surface area contributed by atoms with Crippen molar-refractivity contribution in [2.45, 2.75) is 18.6 Å². The monoisotopic (exact) mass is 294 g/mol. The first-order valence-electron chi connectivity index (χ1n) is 6.59. The first-order valence-corrected chi connectivity index (χ1v) is 6.59. The zero-order valence-corrected chi connectivity index (χ0v) is 11.0. The molecule has 1 aliphatic rings. The van der Waals surface area contributed by atoms with Crippen molar-refractivity contribution >= 4 is 5.82 Å². The quantitative estimate of drug-likeness (QED) is 0.881. The maximum absolute atomic E-state index is 13.3. The van der Waals surface area contributed by atoms with E-state index in [-0.39, 0.29) is 6.04 Å². The molecular formula is C15H13F3N2O. The van der Waals surface area contributed by atoms with Crippen molar-refractivity contribution in [2.24, 2.45) is 0 Å². The molecule has 0 spiro atoms. The van der Waals surface area contributed by atoms with E-state index in [1.54, 1.807) is 12.1 Å². The minimum absolute atomic E-state index is 0.177. The van der Waals surface area contributed by atoms with Crippen molar-refractivity contribution in [3.05, 3.63) is 59.5 Å². The summed E-state index contributed by atoms with van der Waals surface area (Å²) >= 11 is 0. The van der Waals surface area contributed by atoms with Crippen molar-refractivity contribution in [3.8, 4) is 0 Å². The third-order valence-corrected chi connectivity index (χ3v) is 3.41. The molecule has 1 aromatic heterocycles. The topological polar surface area (TPSA) is 34.1 Å². The summed E-state index contributed by atoms with van der Waals surface area (Å²) in [5.41, 5.74) is 0.542. The summed E-state index contributed by atoms with van der Waals surface area (Å²) in [6, 6.07) is 7.95. The van der Waals surface area contributed by atoms with Crippen molar-refractivity contribution < 1.29 is 17.9 Å². The Morgan fingerprint density at radius 1 is 1.10 bits per heavy atom. The SMILES string of the molecule is Fc1cccc(NC2CCOC2c2ccc(F)c(F)c2)n1. The van der Waals surface area contributed by atoms with Crippen LogP contribution in [0.15, 0.2) is 36.4 Å². The standard InChI is InChI=1S/C15H13F3N2O/c16-10-5-4-9(8-11(10)17)15-12(6-7-21-15)19-14-3-1-2-13(18)20-14/h1-5,8,12,15H,6-7H2,(H,19,20). The fraction of sp³-hybridized carbons (Fsp3) is 0.267. The Hall–Kier alpha value is -2.08. The molecule has 2 atom stereocenters. The molecule has 2 unspecified atom stereocenters. The second kappa shape index (κ2) is 5.73. The number of ether oxygens (including phenoxy) is 1. The van der Waals surface area contributed by atoms with Gasteiger partial charge >= 0.3 is 0 Å². The smallest absolute Gasteiger partial charge is 0.214 e. The fourth-order valence-corrected chi connectivity index (χ4v) is 2.43. The van der Waals surface area contributed by atoms with Crippen LogP contribution < -0.4 is 5.32 Å². The van der Waals surface area contributed by atoms with E-state index in [1.165, 1.54) is 12.1 Å². The van der Waals surface area contributed by atoms with Crippen LogP contribution in [0.4, 0.5) is 19.0 Å². The van der Waals surface area contributed by atoms with Crippen molar-refractivity contribution in [1.82, 2.24) is 4.98 Å². The Morgan fingerprint density at radius 3 is 2.71 bits per heavy atom. The maximum Gasteiger partial charge on any atom is 0.214 e. The average Bonchev–Trinajstić information content (AvgIpc) is 2.90. The number of pyridine rings is 1. The molecule has 0 bridgehead atoms. The van der Waals surface area contributed by atoms with E-state index >= 15 is 0 Å². The highest BCUT2D eigenvalue weighted by atomic mass is 19.2. The second-order valence-corrected chi connectivity index (χ2v) is 4.85. The van der Waals surface area contributed by atoms with Gasteiger partial charge in [0.05, 0.1) is 6.04 Å². The summed E-state index contributed by atoms with van der Waals surface area (Å²) in [5.74, 6) is -2.00. The van der Waals surface area contributed by atoms with Crippen LogP contribution in [0, 0.1) is 17.6 Å². The van der Waals surface area contributed by atoms with Crippen molar-refractivity contribution in [3.63, 3.8) is 0 Å². The van der Waals surface area contributed by atoms with E-state index in [1.807, 2.05) is 0 Å². The Balaban J connectivity index is 1.80. The average molecular weight is 294 g/mol. The van der Waals surface area contributed by atoms with Gasteiger partial charge in [-0.2, -0.15) is 4.39 Å². The van der Waals surface area contributed by atoms with Crippen LogP contribution in [0.5, 0.6) is 0 Å². The van der Waals surface area contributed by atoms with Gasteiger partial charge in [0.1, 0.15) is 11.9 Å². The van der Waals surface area contributed by atoms with Crippen molar-refractivity contribution in [1.29, 1.82) is 0 Å². The van der Waals surface area contributed by atoms with Crippen LogP contribution in [0.2, 0.25) is 0 Å². The molecule has 6 heteroatoms. The normalized spacial score (nSPS) is 21.5. The van der Waals surface area contributed by atoms with Crippen LogP contribution in [-0.4, -0.2) is 17.6 Å². The minimum atomic E-state index is -0.911. The lowest BCUT2D eigenvalue weighted by Gasteiger charge is -2.20. The molecule has 3 rings (SSSR count). The van der Waals surface area contributed by atoms with Gasteiger partial charge in [-0.05, 0) is 36.2 Å². The number of aromatic nitrogens is 1. The Labute approximate surface area is 119 Å². The van der Waals surface area contributed by atoms with Gasteiger partial charge in [-0.3, -0.25) is 0 Å². The van der Waals surface area contributed by atoms with E-state index in [2.05, 4.69) is 10.3 Å². The highest BCUT2D eigenvalue weighted by Crippen LogP contribution is 2.31. The summed E-state index contributed by atoms with van der Waals surface area (Å²) in [6.45, 7) is 0.483. The van der Waals surface area contributed by atoms with Gasteiger partial charge in [-0.15, -0.1) is 0 Å². The molecule has 2 aromatic rings. The fourth-order valence-electron chi connectivity index (χ4n) is 2.43. The number of hydrogen-bond donors (Lipinski definition) is 1. The molecule has 1 aliphatic heterocycles. The van der Waals surface area contributed by atoms with Gasteiger partial charge in [0.2, 0.25) is 5.95 Å². The summed E-state index contributed by atoms with van der Waals surface area (Å²) in [4.78, 5) is 3.73. The number of hydrogen-bond acceptors (Lipinski definition) is 3. The maximum atomic E-state index is 13.3. The molecule has 0 amide bonds. The van der Waals surface area contributed by atoms with E-state index < -0.39 is 23.7 Å². The summed E-state index contributed by atoms with van der Waals surface area (Å²) in [6.07, 6.45) is 0.243. The highest BCUT2D eigenvalue weighted by Gasteiger charge is 2.30. The zero-order chi connectivity index (χ0) is 14.8. The first kappa shape index (κ1) is 13.9. The van der Waals surface area contributed by atoms with Crippen LogP contribution >= 0.6 is 0 Å². The molecule has 3 nitrogen and oxygen atoms in total. The number of benzene rings is 1. The van der Waals surface area contributed by atoms with Crippen LogP contribution in [0.1, 0.15) is 18.1 Å². The molecule has 110 valence electrons. The van der Waals surface area contributed by atoms with E-state index in [0.29, 0.717) is 24.4 Å². The first-order chi connectivity index (χ1) is 10.1. The molecule has 1 aromatic carbocycles. The number of rotatable bonds is 3. The van der Waals surface area contributed by atoms with Gasteiger partial charge in [0.15, 0.2) is 11.6 Å². The molecular weight excluding hydrogens is 281 g/mol. The molecule has 1 fully saturated rings. The number of halogens is 3. The van der Waals surface area contributed by atoms with Gasteiger partial charge in [-0.25, -0.2) is 13.8 Å². The molecule has 2 heterocycles. The van der Waals surface area contributed by atoms with Gasteiger partial charge in [-0.1, -0.05) is 12.1 Å². The molecule has 0 aliphatic carbocycles. The molecule has 21 heavy (non-hydrogen) atoms. The van der Waals surface area contributed by atoms with Gasteiger partial charge < -0.3 is 10.1 Å². The predicted molar refractivity (Wildman–Crippen MR) is 71.3 cm³/mol. The zero-order valence-electron chi connectivity index (χ0n) is 11.0. The van der Waals surface area contributed by atoms with E-state index in [0.717, 1.165) is 12.1 Å². The summed E-state index contributed by atoms with van der Waals surface area (Å²) in [7, 11) is 0. The Morgan fingerprint density at radius 2 is 1.95 bits per heavy atom. The third kappa shape index (κ3) is 3.00. The lowest BCUT2D eigenvalue weighted by molar-refractivity contribution is 0.107. The lowest BCUT2D eigenvalue weighted by atomic mass is 10.0. The highest BCUT2D eigenvalue weighted by molar-refractivity contribution is 5.37. The van der Waals surface area contributed by atoms with Crippen molar-refractivity contribution in [2.75, 3.05) is 11.9 Å². The van der Waals surface area contributed by atoms with Crippen LogP contribution in [0.25, 0.3) is 0 Å². The third-order valence-electron chi connectivity index (χ3n) is 3.41. The molecule has 0 radical (unpaired) electrons. The van der Waals surface area contributed by atoms with Crippen LogP contribution in [0.3, 0.4) is 0 Å². The number of anilines is 1.